The predicted molar refractivity (Wildman–Crippen MR) is 161 cm³/mol. The number of rotatable bonds is 15. The molecule has 2 amide bonds. The predicted octanol–water partition coefficient (Wildman–Crippen LogP) is 5.72. The van der Waals surface area contributed by atoms with E-state index in [1.807, 2.05) is 68.4 Å². The lowest BCUT2D eigenvalue weighted by molar-refractivity contribution is -0.141. The van der Waals surface area contributed by atoms with Gasteiger partial charge in [-0.25, -0.2) is 0 Å². The number of nitrogens with one attached hydrogen (secondary N) is 2. The molecule has 0 saturated carbocycles. The van der Waals surface area contributed by atoms with E-state index in [9.17, 15) is 19.5 Å². The topological polar surface area (TPSA) is 105 Å². The summed E-state index contributed by atoms with van der Waals surface area (Å²) in [5.41, 5.74) is 5.53. The number of amides is 2. The number of aliphatic carboxylic acids is 1. The summed E-state index contributed by atoms with van der Waals surface area (Å²) in [6, 6.07) is 24.7. The largest absolute Gasteiger partial charge is 0.481 e. The Kier molecular flexibility index (Phi) is 12.1. The quantitative estimate of drug-likeness (QED) is 0.221. The smallest absolute Gasteiger partial charge is 0.304 e. The first-order valence-electron chi connectivity index (χ1n) is 14.2. The molecule has 0 aliphatic rings. The number of hydrogen-bond acceptors (Lipinski definition) is 4. The average Bonchev–Trinajstić information content (AvgIpc) is 2.95. The van der Waals surface area contributed by atoms with Crippen molar-refractivity contribution in [3.05, 3.63) is 95.6 Å². The highest BCUT2D eigenvalue weighted by Crippen LogP contribution is 2.29. The lowest BCUT2D eigenvalue weighted by Crippen LogP contribution is -2.52. The van der Waals surface area contributed by atoms with Gasteiger partial charge in [0.25, 0.3) is 0 Å². The standard InChI is InChI=1S/C34H42N2O5/c1-23(2)32(34(40)35-29(22-41-4)25-14-7-5-8-15-25)36-33(39)28(21-30(37)38)20-12-19-27-18-11-13-24(3)31(27)26-16-9-6-10-17-26/h5-11,13-18,23,28-29,32H,12,19-22H2,1-4H3,(H,35,40)(H,36,39)(H,37,38). The van der Waals surface area contributed by atoms with Crippen LogP contribution in [0.15, 0.2) is 78.9 Å². The molecule has 3 unspecified atom stereocenters. The Balaban J connectivity index is 1.70. The minimum atomic E-state index is -1.04. The fraction of sp³-hybridized carbons (Fsp3) is 0.382. The number of carboxylic acid groups (broad SMARTS) is 1. The summed E-state index contributed by atoms with van der Waals surface area (Å²) in [6.45, 7) is 6.07. The first-order valence-corrected chi connectivity index (χ1v) is 14.2. The Morgan fingerprint density at radius 1 is 0.854 bits per heavy atom. The zero-order valence-electron chi connectivity index (χ0n) is 24.4. The van der Waals surface area contributed by atoms with Crippen LogP contribution in [0.25, 0.3) is 11.1 Å². The Hall–Kier alpha value is -3.97. The zero-order valence-corrected chi connectivity index (χ0v) is 24.4. The fourth-order valence-electron chi connectivity index (χ4n) is 5.17. The molecule has 3 rings (SSSR count). The van der Waals surface area contributed by atoms with Gasteiger partial charge in [-0.2, -0.15) is 0 Å². The van der Waals surface area contributed by atoms with Crippen molar-refractivity contribution in [2.75, 3.05) is 13.7 Å². The maximum Gasteiger partial charge on any atom is 0.304 e. The summed E-state index contributed by atoms with van der Waals surface area (Å²) in [7, 11) is 1.57. The molecule has 3 atom stereocenters. The Labute approximate surface area is 243 Å². The van der Waals surface area contributed by atoms with Gasteiger partial charge in [0, 0.05) is 13.0 Å². The van der Waals surface area contributed by atoms with Gasteiger partial charge in [-0.15, -0.1) is 0 Å². The Morgan fingerprint density at radius 2 is 1.51 bits per heavy atom. The summed E-state index contributed by atoms with van der Waals surface area (Å²) < 4.78 is 5.32. The van der Waals surface area contributed by atoms with Crippen LogP contribution in [-0.2, 0) is 25.5 Å². The molecule has 7 nitrogen and oxygen atoms in total. The number of methoxy groups -OCH3 is 1. The highest BCUT2D eigenvalue weighted by Gasteiger charge is 2.30. The molecule has 0 fully saturated rings. The van der Waals surface area contributed by atoms with Crippen LogP contribution in [0.3, 0.4) is 0 Å². The molecule has 0 saturated heterocycles. The summed E-state index contributed by atoms with van der Waals surface area (Å²) in [6.07, 6.45) is 1.44. The molecule has 218 valence electrons. The van der Waals surface area contributed by atoms with Gasteiger partial charge in [0.15, 0.2) is 0 Å². The molecule has 3 aromatic carbocycles. The van der Waals surface area contributed by atoms with Crippen molar-refractivity contribution < 1.29 is 24.2 Å². The van der Waals surface area contributed by atoms with Crippen LogP contribution in [0.2, 0.25) is 0 Å². The molecule has 0 spiro atoms. The molecule has 0 radical (unpaired) electrons. The monoisotopic (exact) mass is 558 g/mol. The van der Waals surface area contributed by atoms with E-state index in [0.29, 0.717) is 19.3 Å². The van der Waals surface area contributed by atoms with Gasteiger partial charge in [-0.05, 0) is 59.9 Å². The van der Waals surface area contributed by atoms with Gasteiger partial charge >= 0.3 is 5.97 Å². The van der Waals surface area contributed by atoms with Crippen molar-refractivity contribution >= 4 is 17.8 Å². The van der Waals surface area contributed by atoms with Crippen LogP contribution in [0.4, 0.5) is 0 Å². The number of carboxylic acids is 1. The van der Waals surface area contributed by atoms with Crippen LogP contribution < -0.4 is 10.6 Å². The Morgan fingerprint density at radius 3 is 2.12 bits per heavy atom. The van der Waals surface area contributed by atoms with E-state index in [2.05, 4.69) is 41.8 Å². The number of hydrogen-bond donors (Lipinski definition) is 3. The summed E-state index contributed by atoms with van der Waals surface area (Å²) >= 11 is 0. The summed E-state index contributed by atoms with van der Waals surface area (Å²) in [5.74, 6) is -2.75. The van der Waals surface area contributed by atoms with Gasteiger partial charge in [0.05, 0.1) is 19.1 Å². The number of aryl methyl sites for hydroxylation is 2. The van der Waals surface area contributed by atoms with E-state index >= 15 is 0 Å². The molecular formula is C34H42N2O5. The van der Waals surface area contributed by atoms with Gasteiger partial charge in [0.1, 0.15) is 6.04 Å². The van der Waals surface area contributed by atoms with Crippen LogP contribution in [-0.4, -0.2) is 42.6 Å². The molecule has 0 bridgehead atoms. The summed E-state index contributed by atoms with van der Waals surface area (Å²) in [5, 5.41) is 15.4. The van der Waals surface area contributed by atoms with Crippen molar-refractivity contribution in [3.8, 4) is 11.1 Å². The third kappa shape index (κ3) is 9.29. The number of carbonyl (C=O) groups excluding carboxylic acids is 2. The molecule has 0 aliphatic carbocycles. The maximum atomic E-state index is 13.4. The molecule has 0 aromatic heterocycles. The van der Waals surface area contributed by atoms with Gasteiger partial charge in [-0.3, -0.25) is 14.4 Å². The van der Waals surface area contributed by atoms with E-state index in [1.54, 1.807) is 7.11 Å². The molecule has 3 aromatic rings. The van der Waals surface area contributed by atoms with Crippen LogP contribution >= 0.6 is 0 Å². The lowest BCUT2D eigenvalue weighted by Gasteiger charge is -2.27. The second-order valence-electron chi connectivity index (χ2n) is 10.8. The van der Waals surface area contributed by atoms with E-state index < -0.39 is 23.8 Å². The highest BCUT2D eigenvalue weighted by atomic mass is 16.5. The Bertz CT molecular complexity index is 1280. The van der Waals surface area contributed by atoms with E-state index in [0.717, 1.165) is 16.7 Å². The zero-order chi connectivity index (χ0) is 29.8. The molecule has 41 heavy (non-hydrogen) atoms. The lowest BCUT2D eigenvalue weighted by atomic mass is 9.90. The van der Waals surface area contributed by atoms with Crippen molar-refractivity contribution in [3.63, 3.8) is 0 Å². The third-order valence-electron chi connectivity index (χ3n) is 7.31. The van der Waals surface area contributed by atoms with Crippen molar-refractivity contribution in [2.24, 2.45) is 11.8 Å². The minimum absolute atomic E-state index is 0.205. The molecular weight excluding hydrogens is 516 g/mol. The normalized spacial score (nSPS) is 13.3. The third-order valence-corrected chi connectivity index (χ3v) is 7.31. The molecule has 3 N–H and O–H groups in total. The van der Waals surface area contributed by atoms with Gasteiger partial charge < -0.3 is 20.5 Å². The van der Waals surface area contributed by atoms with Crippen molar-refractivity contribution in [1.82, 2.24) is 10.6 Å². The first kappa shape index (κ1) is 31.6. The minimum Gasteiger partial charge on any atom is -0.481 e. The van der Waals surface area contributed by atoms with Crippen LogP contribution in [0.5, 0.6) is 0 Å². The number of carbonyl (C=O) groups is 3. The van der Waals surface area contributed by atoms with E-state index in [-0.39, 0.29) is 30.9 Å². The van der Waals surface area contributed by atoms with E-state index in [1.165, 1.54) is 11.1 Å². The van der Waals surface area contributed by atoms with Crippen LogP contribution in [0.1, 0.15) is 55.8 Å². The van der Waals surface area contributed by atoms with Gasteiger partial charge in [0.2, 0.25) is 11.8 Å². The van der Waals surface area contributed by atoms with Gasteiger partial charge in [-0.1, -0.05) is 92.7 Å². The SMILES string of the molecule is COCC(NC(=O)C(NC(=O)C(CCCc1cccc(C)c1-c1ccccc1)CC(=O)O)C(C)C)c1ccccc1. The molecule has 0 heterocycles. The molecule has 0 aliphatic heterocycles. The average molecular weight is 559 g/mol. The van der Waals surface area contributed by atoms with E-state index in [4.69, 9.17) is 4.74 Å². The highest BCUT2D eigenvalue weighted by molar-refractivity contribution is 5.90. The van der Waals surface area contributed by atoms with Crippen molar-refractivity contribution in [1.29, 1.82) is 0 Å². The maximum absolute atomic E-state index is 13.4. The number of benzene rings is 3. The fourth-order valence-corrected chi connectivity index (χ4v) is 5.17. The van der Waals surface area contributed by atoms with Crippen molar-refractivity contribution in [2.45, 2.75) is 58.5 Å². The van der Waals surface area contributed by atoms with Crippen LogP contribution in [0, 0.1) is 18.8 Å². The molecule has 7 heteroatoms. The first-order chi connectivity index (χ1) is 19.7. The number of ether oxygens (including phenoxy) is 1. The second-order valence-corrected chi connectivity index (χ2v) is 10.8. The second kappa shape index (κ2) is 15.7. The summed E-state index contributed by atoms with van der Waals surface area (Å²) in [4.78, 5) is 38.4.